The van der Waals surface area contributed by atoms with Crippen molar-refractivity contribution in [3.05, 3.63) is 42.0 Å². The first-order chi connectivity index (χ1) is 18.5. The van der Waals surface area contributed by atoms with Gasteiger partial charge in [0.25, 0.3) is 0 Å². The number of hydrogen-bond donors (Lipinski definition) is 0. The van der Waals surface area contributed by atoms with Gasteiger partial charge in [-0.15, -0.1) is 0 Å². The van der Waals surface area contributed by atoms with Crippen molar-refractivity contribution in [2.24, 2.45) is 5.16 Å². The van der Waals surface area contributed by atoms with E-state index in [0.29, 0.717) is 48.9 Å². The minimum atomic E-state index is -1.99. The van der Waals surface area contributed by atoms with E-state index < -0.39 is 8.32 Å². The van der Waals surface area contributed by atoms with Gasteiger partial charge in [-0.3, -0.25) is 4.79 Å². The van der Waals surface area contributed by atoms with Crippen LogP contribution in [0.1, 0.15) is 39.2 Å². The molecular weight excluding hydrogens is 517 g/mol. The van der Waals surface area contributed by atoms with Gasteiger partial charge in [0.1, 0.15) is 19.0 Å². The van der Waals surface area contributed by atoms with Crippen LogP contribution in [0.4, 0.5) is 10.3 Å². The number of morpholine rings is 1. The molecule has 1 aromatic heterocycles. The molecule has 39 heavy (non-hydrogen) atoms. The van der Waals surface area contributed by atoms with E-state index in [0.717, 1.165) is 31.6 Å². The molecule has 2 aromatic rings. The number of piperidine rings is 1. The molecule has 3 heterocycles. The third kappa shape index (κ3) is 7.40. The van der Waals surface area contributed by atoms with Crippen LogP contribution in [-0.2, 0) is 25.4 Å². The van der Waals surface area contributed by atoms with Crippen molar-refractivity contribution >= 4 is 25.9 Å². The highest BCUT2D eigenvalue weighted by Gasteiger charge is 2.37. The van der Waals surface area contributed by atoms with Crippen molar-refractivity contribution in [1.29, 1.82) is 0 Å². The minimum absolute atomic E-state index is 0.0112. The molecule has 0 aliphatic carbocycles. The summed E-state index contributed by atoms with van der Waals surface area (Å²) in [5.41, 5.74) is 2.64. The number of halogens is 1. The maximum atomic E-state index is 15.4. The molecule has 2 fully saturated rings. The number of ether oxygens (including phenoxy) is 1. The maximum Gasteiger partial charge on any atom is 0.248 e. The average molecular weight is 558 g/mol. The summed E-state index contributed by atoms with van der Waals surface area (Å²) in [6.07, 6.45) is 4.84. The van der Waals surface area contributed by atoms with Crippen LogP contribution < -0.4 is 4.90 Å². The van der Waals surface area contributed by atoms with Gasteiger partial charge in [0.05, 0.1) is 25.5 Å². The zero-order valence-corrected chi connectivity index (χ0v) is 24.7. The van der Waals surface area contributed by atoms with E-state index in [4.69, 9.17) is 14.0 Å². The fraction of sp³-hybridized carbons (Fsp3) is 0.571. The van der Waals surface area contributed by atoms with Crippen LogP contribution in [0.3, 0.4) is 0 Å². The number of aromatic nitrogens is 2. The van der Waals surface area contributed by atoms with Crippen LogP contribution in [-0.4, -0.2) is 80.8 Å². The summed E-state index contributed by atoms with van der Waals surface area (Å²) in [7, 11) is -1.99. The normalized spacial score (nSPS) is 17.0. The number of hydrogen-bond acceptors (Lipinski definition) is 8. The second-order valence-electron chi connectivity index (χ2n) is 11.5. The molecule has 212 valence electrons. The van der Waals surface area contributed by atoms with Crippen molar-refractivity contribution in [1.82, 2.24) is 14.9 Å². The summed E-state index contributed by atoms with van der Waals surface area (Å²) in [6.45, 7) is 14.7. The van der Waals surface area contributed by atoms with Crippen molar-refractivity contribution in [3.8, 4) is 11.1 Å². The van der Waals surface area contributed by atoms with Gasteiger partial charge in [-0.2, -0.15) is 0 Å². The molecule has 0 atom stereocenters. The highest BCUT2D eigenvalue weighted by atomic mass is 28.4. The first kappa shape index (κ1) is 29.1. The number of amides is 1. The summed E-state index contributed by atoms with van der Waals surface area (Å²) in [6, 6.07) is 5.38. The zero-order valence-electron chi connectivity index (χ0n) is 23.7. The van der Waals surface area contributed by atoms with Crippen LogP contribution in [0, 0.1) is 5.82 Å². The summed E-state index contributed by atoms with van der Waals surface area (Å²) < 4.78 is 26.8. The quantitative estimate of drug-likeness (QED) is 0.252. The maximum absolute atomic E-state index is 15.4. The molecule has 1 amide bonds. The van der Waals surface area contributed by atoms with Gasteiger partial charge in [-0.25, -0.2) is 14.4 Å². The Labute approximate surface area is 231 Å². The first-order valence-electron chi connectivity index (χ1n) is 13.6. The Morgan fingerprint density at radius 2 is 1.85 bits per heavy atom. The largest absolute Gasteiger partial charge is 0.412 e. The van der Waals surface area contributed by atoms with Gasteiger partial charge in [0, 0.05) is 61.6 Å². The lowest BCUT2D eigenvalue weighted by Gasteiger charge is -2.36. The van der Waals surface area contributed by atoms with E-state index in [9.17, 15) is 4.79 Å². The van der Waals surface area contributed by atoms with Crippen LogP contribution in [0.5, 0.6) is 0 Å². The SMILES string of the molecule is CC(C)(C)[Si](C)(C)OCc1cccc(-c2cnc(N3CCC(=NOCCN4CCOCC4=O)CC3)nc2)c1F. The van der Waals surface area contributed by atoms with E-state index in [-0.39, 0.29) is 30.0 Å². The molecule has 2 aliphatic heterocycles. The number of anilines is 1. The lowest BCUT2D eigenvalue weighted by Crippen LogP contribution is -2.43. The summed E-state index contributed by atoms with van der Waals surface area (Å²) in [5, 5.41) is 4.33. The predicted molar refractivity (Wildman–Crippen MR) is 152 cm³/mol. The summed E-state index contributed by atoms with van der Waals surface area (Å²) >= 11 is 0. The molecule has 0 spiro atoms. The summed E-state index contributed by atoms with van der Waals surface area (Å²) in [4.78, 5) is 30.1. The monoisotopic (exact) mass is 557 g/mol. The highest BCUT2D eigenvalue weighted by molar-refractivity contribution is 6.74. The van der Waals surface area contributed by atoms with E-state index in [2.05, 4.69) is 53.9 Å². The van der Waals surface area contributed by atoms with Gasteiger partial charge in [-0.1, -0.05) is 44.1 Å². The lowest BCUT2D eigenvalue weighted by molar-refractivity contribution is -0.143. The predicted octanol–water partition coefficient (Wildman–Crippen LogP) is 4.64. The molecule has 9 nitrogen and oxygen atoms in total. The third-order valence-corrected chi connectivity index (χ3v) is 12.3. The van der Waals surface area contributed by atoms with Gasteiger partial charge in [0.15, 0.2) is 8.32 Å². The molecular formula is C28H40FN5O4Si. The molecule has 0 unspecified atom stereocenters. The zero-order chi connectivity index (χ0) is 28.0. The molecule has 0 bridgehead atoms. The lowest BCUT2D eigenvalue weighted by atomic mass is 10.1. The van der Waals surface area contributed by atoms with Crippen LogP contribution in [0.2, 0.25) is 18.1 Å². The fourth-order valence-electron chi connectivity index (χ4n) is 4.14. The van der Waals surface area contributed by atoms with Crippen LogP contribution >= 0.6 is 0 Å². The van der Waals surface area contributed by atoms with Gasteiger partial charge < -0.3 is 23.8 Å². The second kappa shape index (κ2) is 12.5. The van der Waals surface area contributed by atoms with Crippen LogP contribution in [0.15, 0.2) is 35.7 Å². The Kier molecular flexibility index (Phi) is 9.34. The van der Waals surface area contributed by atoms with E-state index in [1.807, 2.05) is 6.07 Å². The number of benzene rings is 1. The first-order valence-corrected chi connectivity index (χ1v) is 16.5. The van der Waals surface area contributed by atoms with Crippen molar-refractivity contribution in [2.45, 2.75) is 58.4 Å². The van der Waals surface area contributed by atoms with Gasteiger partial charge >= 0.3 is 0 Å². The Bertz CT molecular complexity index is 1160. The molecule has 2 aliphatic rings. The Morgan fingerprint density at radius 3 is 2.51 bits per heavy atom. The molecule has 11 heteroatoms. The van der Waals surface area contributed by atoms with Crippen molar-refractivity contribution in [3.63, 3.8) is 0 Å². The van der Waals surface area contributed by atoms with Crippen molar-refractivity contribution in [2.75, 3.05) is 50.9 Å². The molecule has 0 radical (unpaired) electrons. The Morgan fingerprint density at radius 1 is 1.13 bits per heavy atom. The van der Waals surface area contributed by atoms with E-state index in [1.54, 1.807) is 29.4 Å². The topological polar surface area (TPSA) is 89.4 Å². The second-order valence-corrected chi connectivity index (χ2v) is 16.3. The number of carbonyl (C=O) groups excluding carboxylic acids is 1. The van der Waals surface area contributed by atoms with Crippen molar-refractivity contribution < 1.29 is 23.2 Å². The molecule has 0 N–H and O–H groups in total. The van der Waals surface area contributed by atoms with E-state index >= 15 is 4.39 Å². The standard InChI is InChI=1S/C28H40FN5O4Si/c1-28(2,3)39(4,5)38-19-21-7-6-8-24(26(21)29)22-17-30-27(31-18-22)34-11-9-23(10-12-34)32-37-16-14-33-13-15-36-20-25(33)35/h6-8,17-18H,9-16,19-20H2,1-5H3. The Balaban J connectivity index is 1.29. The highest BCUT2D eigenvalue weighted by Crippen LogP contribution is 2.37. The number of oxime groups is 1. The summed E-state index contributed by atoms with van der Waals surface area (Å²) in [5.74, 6) is 0.315. The number of carbonyl (C=O) groups is 1. The minimum Gasteiger partial charge on any atom is -0.412 e. The molecule has 4 rings (SSSR count). The van der Waals surface area contributed by atoms with Gasteiger partial charge in [0.2, 0.25) is 11.9 Å². The number of nitrogens with zero attached hydrogens (tertiary/aromatic N) is 5. The van der Waals surface area contributed by atoms with E-state index in [1.165, 1.54) is 0 Å². The van der Waals surface area contributed by atoms with Crippen LogP contribution in [0.25, 0.3) is 11.1 Å². The third-order valence-electron chi connectivity index (χ3n) is 7.78. The number of rotatable bonds is 9. The molecule has 0 saturated carbocycles. The molecule has 1 aromatic carbocycles. The smallest absolute Gasteiger partial charge is 0.248 e. The Hall–Kier alpha value is -2.89. The fourth-order valence-corrected chi connectivity index (χ4v) is 5.09. The van der Waals surface area contributed by atoms with Gasteiger partial charge in [-0.05, 0) is 18.1 Å². The molecule has 2 saturated heterocycles. The average Bonchev–Trinajstić information content (AvgIpc) is 2.91.